The van der Waals surface area contributed by atoms with E-state index in [4.69, 9.17) is 20.2 Å². The Balaban J connectivity index is 1.10. The molecule has 4 N–H and O–H groups in total. The van der Waals surface area contributed by atoms with Crippen molar-refractivity contribution in [3.05, 3.63) is 81.9 Å². The number of hydrogen-bond donors (Lipinski definition) is 3. The summed E-state index contributed by atoms with van der Waals surface area (Å²) in [5.41, 5.74) is 11.4. The summed E-state index contributed by atoms with van der Waals surface area (Å²) in [7, 11) is 0. The van der Waals surface area contributed by atoms with Crippen molar-refractivity contribution in [2.45, 2.75) is 37.8 Å². The highest BCUT2D eigenvalue weighted by Gasteiger charge is 2.46. The van der Waals surface area contributed by atoms with E-state index < -0.39 is 0 Å². The van der Waals surface area contributed by atoms with Gasteiger partial charge in [0, 0.05) is 43.4 Å². The lowest BCUT2D eigenvalue weighted by Crippen LogP contribution is -2.45. The fourth-order valence-corrected chi connectivity index (χ4v) is 6.34. The van der Waals surface area contributed by atoms with E-state index in [1.807, 2.05) is 12.1 Å². The molecular weight excluding hydrogens is 494 g/mol. The molecule has 2 atom stereocenters. The minimum atomic E-state index is -0.251. The second kappa shape index (κ2) is 9.32. The van der Waals surface area contributed by atoms with Crippen LogP contribution in [0.4, 0.5) is 5.95 Å². The van der Waals surface area contributed by atoms with Crippen molar-refractivity contribution in [2.24, 2.45) is 11.1 Å². The third kappa shape index (κ3) is 4.11. The predicted octanol–water partition coefficient (Wildman–Crippen LogP) is 3.11. The van der Waals surface area contributed by atoms with Crippen LogP contribution in [0, 0.1) is 5.41 Å². The number of nitrogens with zero attached hydrogens (tertiary/aromatic N) is 4. The number of anilines is 1. The molecule has 0 amide bonds. The van der Waals surface area contributed by atoms with Gasteiger partial charge in [0.05, 0.1) is 13.2 Å². The van der Waals surface area contributed by atoms with Gasteiger partial charge in [-0.05, 0) is 47.4 Å². The predicted molar refractivity (Wildman–Crippen MR) is 148 cm³/mol. The first-order valence-electron chi connectivity index (χ1n) is 13.5. The van der Waals surface area contributed by atoms with Crippen LogP contribution in [0.3, 0.4) is 0 Å². The lowest BCUT2D eigenvalue weighted by Gasteiger charge is -2.42. The molecule has 4 aromatic rings. The molecule has 1 aliphatic carbocycles. The highest BCUT2D eigenvalue weighted by molar-refractivity contribution is 5.92. The number of hydrogen-bond acceptors (Lipinski definition) is 8. The second-order valence-corrected chi connectivity index (χ2v) is 10.9. The molecule has 2 aliphatic heterocycles. The number of piperidine rings is 1. The van der Waals surface area contributed by atoms with Gasteiger partial charge in [-0.15, -0.1) is 0 Å². The molecule has 2 saturated heterocycles. The third-order valence-corrected chi connectivity index (χ3v) is 8.61. The summed E-state index contributed by atoms with van der Waals surface area (Å²) in [6, 6.07) is 12.2. The van der Waals surface area contributed by atoms with Crippen LogP contribution in [0.1, 0.15) is 47.7 Å². The number of rotatable bonds is 5. The van der Waals surface area contributed by atoms with E-state index in [-0.39, 0.29) is 23.1 Å². The number of fused-ring (bicyclic) bond motifs is 2. The molecule has 1 unspecified atom stereocenters. The molecule has 0 saturated carbocycles. The second-order valence-electron chi connectivity index (χ2n) is 10.9. The quantitative estimate of drug-likeness (QED) is 0.362. The van der Waals surface area contributed by atoms with Gasteiger partial charge in [-0.1, -0.05) is 30.8 Å². The number of ether oxygens (including phenoxy) is 2. The van der Waals surface area contributed by atoms with Crippen LogP contribution < -0.4 is 20.9 Å². The molecule has 0 radical (unpaired) electrons. The van der Waals surface area contributed by atoms with Gasteiger partial charge in [-0.2, -0.15) is 10.1 Å². The van der Waals surface area contributed by atoms with Gasteiger partial charge in [0.1, 0.15) is 17.2 Å². The van der Waals surface area contributed by atoms with Gasteiger partial charge in [0.2, 0.25) is 11.8 Å². The summed E-state index contributed by atoms with van der Waals surface area (Å²) in [5.74, 6) is 1.04. The molecule has 1 spiro atoms. The standard InChI is InChI=1S/C29H31N7O3/c1-17(18-6-10-31-22(14-18)39-20-7-13-38-16-20)24-23-26(35-34-24)32-28(33-27(23)37)36-11-8-29(9-12-36)15-19-4-2-3-5-21(19)25(29)30/h2-6,10,14,20,25H,1,7-9,11-13,15-16,30H2,(H2,32,33,34,35,37)/t20?,25-/m1/s1. The molecule has 3 aromatic heterocycles. The average molecular weight is 526 g/mol. The lowest BCUT2D eigenvalue weighted by molar-refractivity contribution is 0.138. The van der Waals surface area contributed by atoms with Crippen LogP contribution in [0.2, 0.25) is 0 Å². The molecule has 7 rings (SSSR count). The highest BCUT2D eigenvalue weighted by Crippen LogP contribution is 2.50. The smallest absolute Gasteiger partial charge is 0.264 e. The number of nitrogens with one attached hydrogen (secondary N) is 2. The lowest BCUT2D eigenvalue weighted by atomic mass is 9.73. The van der Waals surface area contributed by atoms with Crippen LogP contribution in [0.25, 0.3) is 16.6 Å². The SMILES string of the molecule is C=C(c1ccnc(OC2CCOC2)c1)c1n[nH]c2nc(N3CCC4(CC3)Cc3ccccc3[C@H]4N)[nH]c(=O)c12. The molecule has 0 bridgehead atoms. The van der Waals surface area contributed by atoms with E-state index in [0.29, 0.717) is 47.3 Å². The zero-order valence-corrected chi connectivity index (χ0v) is 21.7. The Labute approximate surface area is 225 Å². The number of H-pyrrole nitrogens is 2. The maximum Gasteiger partial charge on any atom is 0.264 e. The van der Waals surface area contributed by atoms with Gasteiger partial charge < -0.3 is 20.1 Å². The first kappa shape index (κ1) is 24.1. The average Bonchev–Trinajstić information content (AvgIpc) is 3.68. The number of aromatic amines is 2. The van der Waals surface area contributed by atoms with Gasteiger partial charge in [0.25, 0.3) is 5.56 Å². The molecular formula is C29H31N7O3. The van der Waals surface area contributed by atoms with E-state index in [9.17, 15) is 4.79 Å². The molecule has 2 fully saturated rings. The molecule has 3 aliphatic rings. The van der Waals surface area contributed by atoms with Crippen molar-refractivity contribution in [3.63, 3.8) is 0 Å². The molecule has 200 valence electrons. The normalized spacial score (nSPS) is 21.9. The van der Waals surface area contributed by atoms with E-state index in [2.05, 4.69) is 55.9 Å². The van der Waals surface area contributed by atoms with Crippen LogP contribution in [-0.4, -0.2) is 57.6 Å². The van der Waals surface area contributed by atoms with Crippen molar-refractivity contribution >= 4 is 22.6 Å². The van der Waals surface area contributed by atoms with E-state index in [1.165, 1.54) is 11.1 Å². The Morgan fingerprint density at radius 3 is 2.87 bits per heavy atom. The van der Waals surface area contributed by atoms with Gasteiger partial charge in [0.15, 0.2) is 5.65 Å². The highest BCUT2D eigenvalue weighted by atomic mass is 16.5. The Kier molecular flexibility index (Phi) is 5.75. The van der Waals surface area contributed by atoms with E-state index in [1.54, 1.807) is 6.20 Å². The van der Waals surface area contributed by atoms with Crippen molar-refractivity contribution in [1.82, 2.24) is 25.1 Å². The number of nitrogens with two attached hydrogens (primary N) is 1. The number of pyridine rings is 1. The van der Waals surface area contributed by atoms with Crippen molar-refractivity contribution in [1.29, 1.82) is 0 Å². The fraction of sp³-hybridized carbons (Fsp3) is 0.379. The fourth-order valence-electron chi connectivity index (χ4n) is 6.34. The van der Waals surface area contributed by atoms with Crippen LogP contribution in [0.5, 0.6) is 5.88 Å². The zero-order valence-electron chi connectivity index (χ0n) is 21.7. The van der Waals surface area contributed by atoms with Crippen LogP contribution in [-0.2, 0) is 11.2 Å². The molecule has 39 heavy (non-hydrogen) atoms. The van der Waals surface area contributed by atoms with Gasteiger partial charge in [-0.25, -0.2) is 4.98 Å². The first-order valence-corrected chi connectivity index (χ1v) is 13.5. The minimum absolute atomic E-state index is 0.0120. The first-order chi connectivity index (χ1) is 19.0. The third-order valence-electron chi connectivity index (χ3n) is 8.61. The van der Waals surface area contributed by atoms with Crippen LogP contribution >= 0.6 is 0 Å². The van der Waals surface area contributed by atoms with Crippen molar-refractivity contribution < 1.29 is 9.47 Å². The maximum atomic E-state index is 13.3. The number of benzene rings is 1. The molecule has 10 nitrogen and oxygen atoms in total. The maximum absolute atomic E-state index is 13.3. The van der Waals surface area contributed by atoms with Gasteiger partial charge >= 0.3 is 0 Å². The Bertz CT molecular complexity index is 1610. The molecule has 10 heteroatoms. The molecule has 5 heterocycles. The monoisotopic (exact) mass is 525 g/mol. The summed E-state index contributed by atoms with van der Waals surface area (Å²) in [6.07, 6.45) is 5.37. The zero-order chi connectivity index (χ0) is 26.6. The van der Waals surface area contributed by atoms with Crippen LogP contribution in [0.15, 0.2) is 54.0 Å². The largest absolute Gasteiger partial charge is 0.472 e. The number of aromatic nitrogens is 5. The van der Waals surface area contributed by atoms with Gasteiger partial charge in [-0.3, -0.25) is 14.9 Å². The summed E-state index contributed by atoms with van der Waals surface area (Å²) in [5, 5.41) is 7.75. The summed E-state index contributed by atoms with van der Waals surface area (Å²) >= 11 is 0. The van der Waals surface area contributed by atoms with E-state index in [0.717, 1.165) is 44.3 Å². The summed E-state index contributed by atoms with van der Waals surface area (Å²) < 4.78 is 11.3. The Morgan fingerprint density at radius 2 is 2.08 bits per heavy atom. The van der Waals surface area contributed by atoms with E-state index >= 15 is 0 Å². The minimum Gasteiger partial charge on any atom is -0.472 e. The summed E-state index contributed by atoms with van der Waals surface area (Å²) in [4.78, 5) is 27.5. The van der Waals surface area contributed by atoms with Crippen molar-refractivity contribution in [3.8, 4) is 5.88 Å². The Hall–Kier alpha value is -4.02. The molecule has 1 aromatic carbocycles. The topological polar surface area (TPSA) is 135 Å². The summed E-state index contributed by atoms with van der Waals surface area (Å²) in [6.45, 7) is 7.01. The Morgan fingerprint density at radius 1 is 1.23 bits per heavy atom. The van der Waals surface area contributed by atoms with Crippen molar-refractivity contribution in [2.75, 3.05) is 31.2 Å².